The number of ether oxygens (including phenoxy) is 1. The fraction of sp³-hybridized carbons (Fsp3) is 0.900. The maximum atomic E-state index is 11.8. The van der Waals surface area contributed by atoms with Crippen LogP contribution in [0.3, 0.4) is 0 Å². The Balaban J connectivity index is 1.87. The Labute approximate surface area is 83.8 Å². The number of β-amino-alcohol motifs (C(OH)–C–C–N with tert-alkyl or cyclic N) is 1. The lowest BCUT2D eigenvalue weighted by Crippen LogP contribution is -2.41. The van der Waals surface area contributed by atoms with E-state index in [0.717, 1.165) is 19.3 Å². The van der Waals surface area contributed by atoms with E-state index in [9.17, 15) is 9.90 Å². The molecule has 80 valence electrons. The summed E-state index contributed by atoms with van der Waals surface area (Å²) in [7, 11) is 0. The molecule has 0 aromatic rings. The SMILES string of the molecule is O=C(C1CCCCO1)N1CC[C@@H](O)C1. The van der Waals surface area contributed by atoms with Gasteiger partial charge in [-0.1, -0.05) is 0 Å². The highest BCUT2D eigenvalue weighted by Crippen LogP contribution is 2.18. The van der Waals surface area contributed by atoms with E-state index >= 15 is 0 Å². The van der Waals surface area contributed by atoms with Crippen LogP contribution >= 0.6 is 0 Å². The normalized spacial score (nSPS) is 33.4. The molecule has 0 aliphatic carbocycles. The molecule has 1 N–H and O–H groups in total. The number of hydrogen-bond donors (Lipinski definition) is 1. The summed E-state index contributed by atoms with van der Waals surface area (Å²) in [6.07, 6.45) is 3.11. The minimum Gasteiger partial charge on any atom is -0.391 e. The molecule has 2 heterocycles. The molecule has 1 unspecified atom stereocenters. The summed E-state index contributed by atoms with van der Waals surface area (Å²) < 4.78 is 5.41. The van der Waals surface area contributed by atoms with Gasteiger partial charge >= 0.3 is 0 Å². The first-order valence-electron chi connectivity index (χ1n) is 5.36. The summed E-state index contributed by atoms with van der Waals surface area (Å²) in [6.45, 7) is 1.87. The minimum atomic E-state index is -0.331. The smallest absolute Gasteiger partial charge is 0.251 e. The zero-order valence-electron chi connectivity index (χ0n) is 8.32. The number of carbonyl (C=O) groups excluding carboxylic acids is 1. The largest absolute Gasteiger partial charge is 0.391 e. The molecule has 2 aliphatic heterocycles. The Morgan fingerprint density at radius 1 is 1.36 bits per heavy atom. The number of aliphatic hydroxyl groups is 1. The van der Waals surface area contributed by atoms with Crippen LogP contribution in [0, 0.1) is 0 Å². The molecule has 1 amide bonds. The van der Waals surface area contributed by atoms with Gasteiger partial charge in [0.1, 0.15) is 6.10 Å². The zero-order valence-corrected chi connectivity index (χ0v) is 8.32. The molecule has 0 spiro atoms. The van der Waals surface area contributed by atoms with Gasteiger partial charge in [0.2, 0.25) is 0 Å². The Bertz CT molecular complexity index is 207. The van der Waals surface area contributed by atoms with Crippen LogP contribution in [0.5, 0.6) is 0 Å². The van der Waals surface area contributed by atoms with Crippen molar-refractivity contribution in [2.24, 2.45) is 0 Å². The molecule has 0 aromatic carbocycles. The number of nitrogens with zero attached hydrogens (tertiary/aromatic N) is 1. The molecule has 2 saturated heterocycles. The van der Waals surface area contributed by atoms with Crippen molar-refractivity contribution in [3.05, 3.63) is 0 Å². The van der Waals surface area contributed by atoms with E-state index in [1.54, 1.807) is 4.90 Å². The molecule has 4 heteroatoms. The van der Waals surface area contributed by atoms with E-state index in [1.807, 2.05) is 0 Å². The van der Waals surface area contributed by atoms with Crippen molar-refractivity contribution in [2.75, 3.05) is 19.7 Å². The first-order valence-corrected chi connectivity index (χ1v) is 5.36. The van der Waals surface area contributed by atoms with Gasteiger partial charge < -0.3 is 14.7 Å². The number of aliphatic hydroxyl groups excluding tert-OH is 1. The Kier molecular flexibility index (Phi) is 3.03. The molecular formula is C10H17NO3. The topological polar surface area (TPSA) is 49.8 Å². The van der Waals surface area contributed by atoms with Gasteiger partial charge in [-0.2, -0.15) is 0 Å². The average molecular weight is 199 g/mol. The van der Waals surface area contributed by atoms with Crippen LogP contribution in [0.15, 0.2) is 0 Å². The molecule has 2 fully saturated rings. The first kappa shape index (κ1) is 9.93. The maximum absolute atomic E-state index is 11.8. The third-order valence-corrected chi connectivity index (χ3v) is 2.93. The lowest BCUT2D eigenvalue weighted by Gasteiger charge is -2.26. The van der Waals surface area contributed by atoms with Gasteiger partial charge in [-0.25, -0.2) is 0 Å². The molecule has 14 heavy (non-hydrogen) atoms. The highest BCUT2D eigenvalue weighted by atomic mass is 16.5. The summed E-state index contributed by atoms with van der Waals surface area (Å²) >= 11 is 0. The molecule has 2 rings (SSSR count). The summed E-state index contributed by atoms with van der Waals surface area (Å²) in [5.41, 5.74) is 0. The van der Waals surface area contributed by atoms with Crippen molar-refractivity contribution in [3.8, 4) is 0 Å². The van der Waals surface area contributed by atoms with Crippen molar-refractivity contribution in [2.45, 2.75) is 37.9 Å². The van der Waals surface area contributed by atoms with E-state index in [0.29, 0.717) is 26.1 Å². The summed E-state index contributed by atoms with van der Waals surface area (Å²) in [4.78, 5) is 13.6. The molecule has 2 atom stereocenters. The van der Waals surface area contributed by atoms with Crippen molar-refractivity contribution in [1.29, 1.82) is 0 Å². The van der Waals surface area contributed by atoms with E-state index < -0.39 is 0 Å². The van der Waals surface area contributed by atoms with Gasteiger partial charge in [0, 0.05) is 19.7 Å². The highest BCUT2D eigenvalue weighted by Gasteiger charge is 2.31. The Morgan fingerprint density at radius 3 is 2.79 bits per heavy atom. The number of carbonyl (C=O) groups is 1. The molecule has 4 nitrogen and oxygen atoms in total. The Morgan fingerprint density at radius 2 is 2.21 bits per heavy atom. The maximum Gasteiger partial charge on any atom is 0.251 e. The number of rotatable bonds is 1. The second-order valence-electron chi connectivity index (χ2n) is 4.08. The van der Waals surface area contributed by atoms with Gasteiger partial charge in [0.25, 0.3) is 5.91 Å². The van der Waals surface area contributed by atoms with Crippen LogP contribution in [0.25, 0.3) is 0 Å². The lowest BCUT2D eigenvalue weighted by atomic mass is 10.1. The fourth-order valence-corrected chi connectivity index (χ4v) is 2.08. The van der Waals surface area contributed by atoms with Crippen LogP contribution in [0.4, 0.5) is 0 Å². The molecule has 0 bridgehead atoms. The van der Waals surface area contributed by atoms with Gasteiger partial charge in [0.05, 0.1) is 6.10 Å². The van der Waals surface area contributed by atoms with E-state index in [4.69, 9.17) is 4.74 Å². The third kappa shape index (κ3) is 2.07. The first-order chi connectivity index (χ1) is 6.77. The predicted octanol–water partition coefficient (Wildman–Crippen LogP) is 0.149. The van der Waals surface area contributed by atoms with E-state index in [-0.39, 0.29) is 18.1 Å². The molecule has 2 aliphatic rings. The van der Waals surface area contributed by atoms with Gasteiger partial charge in [-0.3, -0.25) is 4.79 Å². The fourth-order valence-electron chi connectivity index (χ4n) is 2.08. The van der Waals surface area contributed by atoms with Gasteiger partial charge in [0.15, 0.2) is 0 Å². The van der Waals surface area contributed by atoms with E-state index in [1.165, 1.54) is 0 Å². The van der Waals surface area contributed by atoms with Crippen molar-refractivity contribution in [3.63, 3.8) is 0 Å². The van der Waals surface area contributed by atoms with Crippen molar-refractivity contribution >= 4 is 5.91 Å². The minimum absolute atomic E-state index is 0.0706. The summed E-state index contributed by atoms with van der Waals surface area (Å²) in [6, 6.07) is 0. The second-order valence-corrected chi connectivity index (χ2v) is 4.08. The average Bonchev–Trinajstić information content (AvgIpc) is 2.65. The van der Waals surface area contributed by atoms with Gasteiger partial charge in [-0.15, -0.1) is 0 Å². The molecule has 0 radical (unpaired) electrons. The van der Waals surface area contributed by atoms with Crippen molar-refractivity contribution < 1.29 is 14.6 Å². The highest BCUT2D eigenvalue weighted by molar-refractivity contribution is 5.81. The van der Waals surface area contributed by atoms with Crippen LogP contribution < -0.4 is 0 Å². The standard InChI is InChI=1S/C10H17NO3/c12-8-4-5-11(7-8)10(13)9-3-1-2-6-14-9/h8-9,12H,1-7H2/t8-,9?/m1/s1. The van der Waals surface area contributed by atoms with Gasteiger partial charge in [-0.05, 0) is 25.7 Å². The summed E-state index contributed by atoms with van der Waals surface area (Å²) in [5.74, 6) is 0.0706. The monoisotopic (exact) mass is 199 g/mol. The zero-order chi connectivity index (χ0) is 9.97. The number of amides is 1. The Hall–Kier alpha value is -0.610. The summed E-state index contributed by atoms with van der Waals surface area (Å²) in [5, 5.41) is 9.31. The van der Waals surface area contributed by atoms with E-state index in [2.05, 4.69) is 0 Å². The second kappa shape index (κ2) is 4.28. The number of hydrogen-bond acceptors (Lipinski definition) is 3. The van der Waals surface area contributed by atoms with Crippen LogP contribution in [-0.4, -0.2) is 47.8 Å². The van der Waals surface area contributed by atoms with Crippen molar-refractivity contribution in [1.82, 2.24) is 4.90 Å². The predicted molar refractivity (Wildman–Crippen MR) is 50.8 cm³/mol. The number of likely N-dealkylation sites (tertiary alicyclic amines) is 1. The van der Waals surface area contributed by atoms with Crippen LogP contribution in [-0.2, 0) is 9.53 Å². The molecule has 0 saturated carbocycles. The lowest BCUT2D eigenvalue weighted by molar-refractivity contribution is -0.145. The quantitative estimate of drug-likeness (QED) is 0.654. The molecule has 0 aromatic heterocycles. The van der Waals surface area contributed by atoms with Crippen LogP contribution in [0.1, 0.15) is 25.7 Å². The van der Waals surface area contributed by atoms with Crippen LogP contribution in [0.2, 0.25) is 0 Å². The third-order valence-electron chi connectivity index (χ3n) is 2.93. The molecular weight excluding hydrogens is 182 g/mol.